The highest BCUT2D eigenvalue weighted by atomic mass is 16.6. The van der Waals surface area contributed by atoms with Crippen LogP contribution in [-0.4, -0.2) is 46.1 Å². The molecule has 1 aromatic rings. The third kappa shape index (κ3) is 1.89. The minimum absolute atomic E-state index is 0.0292. The number of ether oxygens (including phenoxy) is 1. The number of carbonyl (C=O) groups excluding carboxylic acids is 3. The number of carbonyl (C=O) groups is 3. The van der Waals surface area contributed by atoms with Gasteiger partial charge in [-0.2, -0.15) is 0 Å². The molecule has 6 nitrogen and oxygen atoms in total. The second kappa shape index (κ2) is 6.22. The molecular formula is C30H36O6. The van der Waals surface area contributed by atoms with Crippen LogP contribution < -0.4 is 0 Å². The third-order valence-corrected chi connectivity index (χ3v) is 12.4. The van der Waals surface area contributed by atoms with Crippen LogP contribution in [0.25, 0.3) is 0 Å². The maximum atomic E-state index is 14.8. The molecule has 2 aliphatic heterocycles. The normalized spacial score (nSPS) is 50.8. The molecule has 2 bridgehead atoms. The van der Waals surface area contributed by atoms with Crippen molar-refractivity contribution in [3.05, 3.63) is 35.4 Å². The zero-order valence-corrected chi connectivity index (χ0v) is 21.8. The summed E-state index contributed by atoms with van der Waals surface area (Å²) < 4.78 is 6.10. The minimum atomic E-state index is -2.09. The van der Waals surface area contributed by atoms with Gasteiger partial charge in [-0.1, -0.05) is 57.5 Å². The van der Waals surface area contributed by atoms with Crippen molar-refractivity contribution in [1.82, 2.24) is 0 Å². The van der Waals surface area contributed by atoms with Crippen LogP contribution >= 0.6 is 0 Å². The number of aliphatic hydroxyl groups is 2. The van der Waals surface area contributed by atoms with Crippen molar-refractivity contribution < 1.29 is 29.3 Å². The van der Waals surface area contributed by atoms with Gasteiger partial charge < -0.3 is 14.9 Å². The maximum Gasteiger partial charge on any atom is 0.205 e. The fourth-order valence-electron chi connectivity index (χ4n) is 11.0. The Hall–Kier alpha value is -1.89. The van der Waals surface area contributed by atoms with Crippen LogP contribution in [0.3, 0.4) is 0 Å². The molecule has 192 valence electrons. The number of hydrogen-bond acceptors (Lipinski definition) is 6. The predicted molar refractivity (Wildman–Crippen MR) is 130 cm³/mol. The van der Waals surface area contributed by atoms with E-state index in [-0.39, 0.29) is 35.3 Å². The van der Waals surface area contributed by atoms with Crippen molar-refractivity contribution in [2.45, 2.75) is 72.2 Å². The molecule has 1 aromatic carbocycles. The van der Waals surface area contributed by atoms with Crippen LogP contribution in [0.2, 0.25) is 0 Å². The van der Waals surface area contributed by atoms with Crippen LogP contribution in [0, 0.1) is 57.7 Å². The van der Waals surface area contributed by atoms with Crippen molar-refractivity contribution in [2.75, 3.05) is 6.61 Å². The summed E-state index contributed by atoms with van der Waals surface area (Å²) >= 11 is 0. The minimum Gasteiger partial charge on any atom is -0.387 e. The van der Waals surface area contributed by atoms with E-state index in [9.17, 15) is 24.6 Å². The number of hydrogen-bond donors (Lipinski definition) is 2. The van der Waals surface area contributed by atoms with Gasteiger partial charge in [-0.25, -0.2) is 0 Å². The number of aryl methyl sites for hydroxylation is 1. The first-order valence-electron chi connectivity index (χ1n) is 13.5. The third-order valence-electron chi connectivity index (χ3n) is 12.4. The standard InChI is InChI=1S/C30H36O6/c1-15-6-8-16(9-7-15)22(32)29-20-17(26(29,4)5)10-11-18-27-14-36-30(35,28(18,20)24(29)34)23(33)21(27)25(2,3)13-12-19(27)31/h6-9,17-18,20-21,23,33,35H,10-14H2,1-5H3/t17-,18+,20-,21-,23+,27-,28-,29?,30-/m1/s1. The molecule has 0 radical (unpaired) electrons. The van der Waals surface area contributed by atoms with Gasteiger partial charge in [-0.05, 0) is 48.9 Å². The summed E-state index contributed by atoms with van der Waals surface area (Å²) in [6.07, 6.45) is 1.08. The largest absolute Gasteiger partial charge is 0.387 e. The van der Waals surface area contributed by atoms with E-state index >= 15 is 0 Å². The van der Waals surface area contributed by atoms with Crippen molar-refractivity contribution in [3.8, 4) is 0 Å². The predicted octanol–water partition coefficient (Wildman–Crippen LogP) is 3.50. The summed E-state index contributed by atoms with van der Waals surface area (Å²) in [5, 5.41) is 24.1. The Morgan fingerprint density at radius 3 is 2.36 bits per heavy atom. The van der Waals surface area contributed by atoms with Gasteiger partial charge in [0.1, 0.15) is 17.3 Å². The van der Waals surface area contributed by atoms with E-state index in [2.05, 4.69) is 13.8 Å². The number of rotatable bonds is 2. The smallest absolute Gasteiger partial charge is 0.205 e. The van der Waals surface area contributed by atoms with Crippen molar-refractivity contribution >= 4 is 17.3 Å². The monoisotopic (exact) mass is 492 g/mol. The number of Topliss-reactive ketones (excluding diaryl/α,β-unsaturated/α-hetero) is 3. The zero-order valence-electron chi connectivity index (χ0n) is 21.8. The van der Waals surface area contributed by atoms with E-state index in [1.54, 1.807) is 12.1 Å². The lowest BCUT2D eigenvalue weighted by molar-refractivity contribution is -0.477. The molecule has 0 amide bonds. The maximum absolute atomic E-state index is 14.8. The van der Waals surface area contributed by atoms with Gasteiger partial charge in [-0.15, -0.1) is 0 Å². The van der Waals surface area contributed by atoms with E-state index in [1.807, 2.05) is 32.9 Å². The van der Waals surface area contributed by atoms with Crippen LogP contribution in [0.4, 0.5) is 0 Å². The Labute approximate surface area is 211 Å². The lowest BCUT2D eigenvalue weighted by atomic mass is 9.14. The first-order valence-corrected chi connectivity index (χ1v) is 13.5. The Kier molecular flexibility index (Phi) is 4.01. The average molecular weight is 493 g/mol. The molecule has 1 unspecified atom stereocenters. The van der Waals surface area contributed by atoms with E-state index in [0.29, 0.717) is 24.8 Å². The lowest BCUT2D eigenvalue weighted by Gasteiger charge is -2.88. The van der Waals surface area contributed by atoms with Gasteiger partial charge in [0, 0.05) is 23.8 Å². The van der Waals surface area contributed by atoms with E-state index in [0.717, 1.165) is 12.0 Å². The highest BCUT2D eigenvalue weighted by molar-refractivity contribution is 6.23. The lowest BCUT2D eigenvalue weighted by Crippen LogP contribution is -2.98. The quantitative estimate of drug-likeness (QED) is 0.484. The highest BCUT2D eigenvalue weighted by Crippen LogP contribution is 2.90. The average Bonchev–Trinajstić information content (AvgIpc) is 2.82. The number of fused-ring (bicyclic) bond motifs is 1. The van der Waals surface area contributed by atoms with Gasteiger partial charge in [0.2, 0.25) is 5.79 Å². The van der Waals surface area contributed by atoms with E-state index in [4.69, 9.17) is 4.74 Å². The molecule has 5 aliphatic carbocycles. The van der Waals surface area contributed by atoms with Crippen LogP contribution in [0.15, 0.2) is 24.3 Å². The topological polar surface area (TPSA) is 101 Å². The van der Waals surface area contributed by atoms with Crippen LogP contribution in [0.1, 0.15) is 69.3 Å². The molecule has 7 aliphatic rings. The van der Waals surface area contributed by atoms with Gasteiger partial charge in [0.25, 0.3) is 0 Å². The molecule has 8 rings (SSSR count). The zero-order chi connectivity index (χ0) is 25.8. The molecule has 2 heterocycles. The van der Waals surface area contributed by atoms with Crippen LogP contribution in [0.5, 0.6) is 0 Å². The molecule has 2 spiro atoms. The summed E-state index contributed by atoms with van der Waals surface area (Å²) in [5.41, 5.74) is -3.15. The van der Waals surface area contributed by atoms with Crippen LogP contribution in [-0.2, 0) is 14.3 Å². The van der Waals surface area contributed by atoms with Crippen molar-refractivity contribution in [3.63, 3.8) is 0 Å². The molecule has 5 saturated carbocycles. The second-order valence-corrected chi connectivity index (χ2v) is 14.0. The first kappa shape index (κ1) is 23.2. The molecule has 36 heavy (non-hydrogen) atoms. The van der Waals surface area contributed by atoms with Gasteiger partial charge in [0.15, 0.2) is 11.6 Å². The number of aliphatic hydroxyl groups excluding tert-OH is 1. The summed E-state index contributed by atoms with van der Waals surface area (Å²) in [6.45, 7) is 10.1. The first-order chi connectivity index (χ1) is 16.8. The van der Waals surface area contributed by atoms with Gasteiger partial charge in [-0.3, -0.25) is 14.4 Å². The molecular weight excluding hydrogens is 456 g/mol. The number of benzene rings is 1. The molecule has 7 fully saturated rings. The van der Waals surface area contributed by atoms with Gasteiger partial charge >= 0.3 is 0 Å². The fourth-order valence-corrected chi connectivity index (χ4v) is 11.0. The molecule has 2 N–H and O–H groups in total. The Morgan fingerprint density at radius 1 is 1.03 bits per heavy atom. The second-order valence-electron chi connectivity index (χ2n) is 14.0. The Morgan fingerprint density at radius 2 is 1.69 bits per heavy atom. The van der Waals surface area contributed by atoms with Crippen molar-refractivity contribution in [2.24, 2.45) is 50.7 Å². The highest BCUT2D eigenvalue weighted by Gasteiger charge is 2.99. The Balaban J connectivity index is 1.44. The summed E-state index contributed by atoms with van der Waals surface area (Å²) in [4.78, 5) is 42.8. The van der Waals surface area contributed by atoms with E-state index in [1.165, 1.54) is 0 Å². The molecule has 9 atom stereocenters. The summed E-state index contributed by atoms with van der Waals surface area (Å²) in [5.74, 6) is -3.89. The van der Waals surface area contributed by atoms with Crippen molar-refractivity contribution in [1.29, 1.82) is 0 Å². The van der Waals surface area contributed by atoms with E-state index < -0.39 is 51.3 Å². The fraction of sp³-hybridized carbons (Fsp3) is 0.700. The molecule has 0 aromatic heterocycles. The summed E-state index contributed by atoms with van der Waals surface area (Å²) in [6, 6.07) is 7.32. The SMILES string of the molecule is Cc1ccc(C(=O)C23C(=O)[C@]45[C@H]2[C@@H](CC[C@H]4[C@@]24CO[C@]5(O)[C@@H](O)[C@@H]2C(C)(C)CCC4=O)C3(C)C)cc1. The molecule has 6 heteroatoms. The summed E-state index contributed by atoms with van der Waals surface area (Å²) in [7, 11) is 0. The number of ketones is 3. The van der Waals surface area contributed by atoms with Gasteiger partial charge in [0.05, 0.1) is 17.4 Å². The molecule has 2 saturated heterocycles. The Bertz CT molecular complexity index is 1250.